The number of hydrogen-bond donors (Lipinski definition) is 6. The van der Waals surface area contributed by atoms with E-state index in [-0.39, 0.29) is 96.3 Å². The van der Waals surface area contributed by atoms with Crippen LogP contribution in [0.25, 0.3) is 11.1 Å². The molecule has 8 aliphatic rings. The van der Waals surface area contributed by atoms with Gasteiger partial charge in [0, 0.05) is 62.0 Å². The molecule has 760 valence electrons. The number of anilines is 1. The summed E-state index contributed by atoms with van der Waals surface area (Å²) in [6.45, 7) is 6.08. The fourth-order valence-electron chi connectivity index (χ4n) is 21.9. The van der Waals surface area contributed by atoms with Crippen molar-refractivity contribution in [1.29, 1.82) is 0 Å². The van der Waals surface area contributed by atoms with E-state index in [4.69, 9.17) is 43.6 Å². The van der Waals surface area contributed by atoms with Gasteiger partial charge < -0.3 is 34.0 Å². The third-order valence-electron chi connectivity index (χ3n) is 29.8. The lowest BCUT2D eigenvalue weighted by atomic mass is 9.71. The minimum Gasteiger partial charge on any atom is -0.369 e. The molecule has 6 amide bonds. The van der Waals surface area contributed by atoms with Gasteiger partial charge in [0.1, 0.15) is 17.1 Å². The number of nitrogens with one attached hydrogen (secondary N) is 1. The number of ketones is 3. The van der Waals surface area contributed by atoms with Crippen LogP contribution < -0.4 is 34.0 Å². The molecule has 5 aliphatic heterocycles. The number of aliphatic imine (C=N–C) groups is 5. The first-order valence-corrected chi connectivity index (χ1v) is 52.7. The highest BCUT2D eigenvalue weighted by molar-refractivity contribution is 9.10. The van der Waals surface area contributed by atoms with Gasteiger partial charge in [-0.3, -0.25) is 67.7 Å². The van der Waals surface area contributed by atoms with Crippen LogP contribution >= 0.6 is 27.3 Å². The van der Waals surface area contributed by atoms with Crippen molar-refractivity contribution in [2.24, 2.45) is 83.2 Å². The van der Waals surface area contributed by atoms with Crippen LogP contribution in [0.5, 0.6) is 0 Å². The van der Waals surface area contributed by atoms with E-state index in [1.54, 1.807) is 43.9 Å². The van der Waals surface area contributed by atoms with Crippen molar-refractivity contribution in [2.75, 3.05) is 26.5 Å². The predicted molar refractivity (Wildman–Crippen MR) is 589 cm³/mol. The number of carbonyl (C=O) groups is 9. The van der Waals surface area contributed by atoms with Crippen molar-refractivity contribution in [1.82, 2.24) is 24.5 Å². The van der Waals surface area contributed by atoms with Crippen LogP contribution in [0, 0.1) is 29.6 Å². The number of likely N-dealkylation sites (N-methyl/N-ethyl adjacent to an activating group) is 3. The van der Waals surface area contributed by atoms with Crippen molar-refractivity contribution in [2.45, 2.75) is 184 Å². The Morgan fingerprint density at radius 2 is 0.851 bits per heavy atom. The first-order chi connectivity index (χ1) is 71.4. The predicted octanol–water partition coefficient (Wildman–Crippen LogP) is 20.1. The molecule has 0 bridgehead atoms. The Morgan fingerprint density at radius 3 is 1.36 bits per heavy atom. The Labute approximate surface area is 878 Å². The van der Waals surface area contributed by atoms with E-state index < -0.39 is 27.7 Å². The minimum absolute atomic E-state index is 0.0211. The summed E-state index contributed by atoms with van der Waals surface area (Å²) in [7, 11) is 5.05. The van der Waals surface area contributed by atoms with Gasteiger partial charge in [0.25, 0.3) is 35.4 Å². The summed E-state index contributed by atoms with van der Waals surface area (Å²) in [5.74, 6) is 3.21. The standard InChI is InChI=1S/C30H25N3O2.C27H22N4O2S.C26H43N3O2.C25H23N3O2.C13H16BrN3O/c1-21(34)23-11-9-13-25(19-23)24-12-8-10-22(18-24)20-33-28(35)30(32-29(33)31,26-14-4-2-5-15-26)27-16-6-3-7-17-27;28-26-30-27(20-8-3-1-4-9-20,21-10-5-2-6-11-21)25(33)31(26)18-19-13-15-22(16-14-19)29-24(32)23-12-7-17-34-23;1-29-24(31)26(28-25(29)27,15-14-19-8-3-2-4-9-19)18-21-11-7-10-20(16-21)17-23(30)22-12-5-6-13-22;1-28-23(30)25(27-24(28)26,20-12-6-3-7-13-20)21-14-8-11-19(15-21)17-22(29)16-18-9-4-2-5-10-18;1-8(2)13(9-5-4-6-10(14)7-9)11(18)17(3)12(15)16-13/h2-19H,20H2,1H3,(H2,31,32);1-17H,18H2,(H2,28,30)(H,29,32);19-22H,2-18H2,1H3,(H2,27,28);2-15H,16-17H2,1H3,(H2,26,27);4-8H,1-3H3,(H2,15,16)/t;;20-,21+,26-;;/m..1../s1. The highest BCUT2D eigenvalue weighted by Gasteiger charge is 2.55. The molecule has 148 heavy (non-hydrogen) atoms. The Bertz CT molecular complexity index is 6860. The average molecular weight is 2060 g/mol. The second-order valence-electron chi connectivity index (χ2n) is 40.0. The van der Waals surface area contributed by atoms with Crippen molar-refractivity contribution >= 4 is 116 Å². The molecule has 3 saturated carbocycles. The molecule has 11 N–H and O–H groups in total. The number of thiophene rings is 1. The van der Waals surface area contributed by atoms with E-state index in [1.165, 1.54) is 83.8 Å². The van der Waals surface area contributed by atoms with Crippen LogP contribution in [0.3, 0.4) is 0 Å². The Balaban J connectivity index is 0.000000134. The SMILES string of the molecule is CC(=O)c1cccc(-c2cccc(CN3C(=O)C(c4ccccc4)(c4ccccc4)N=C3N)c2)c1.CC(C)C1(c2cccc(Br)c2)N=C(N)N(C)C1=O.CN1C(=O)C(c2ccccc2)(c2cccc(CC(=O)Cc3ccccc3)c2)N=C1N.CN1C(=O)[C@@](CCC2CCCCC2)(C[C@H]2CCC[C@@H](CC(=O)C3CCCC3)C2)N=C1N.NC1=NC(c2ccccc2)(c2ccccc2)C(=O)N1Cc1ccc(NC(=O)c2cccs2)cc1. The van der Waals surface area contributed by atoms with Gasteiger partial charge in [-0.2, -0.15) is 0 Å². The number of hydrogen-bond acceptors (Lipinski definition) is 20. The lowest BCUT2D eigenvalue weighted by molar-refractivity contribution is -0.132. The Morgan fingerprint density at radius 1 is 0.405 bits per heavy atom. The zero-order valence-corrected chi connectivity index (χ0v) is 87.1. The fraction of sp³-hybridized carbons (Fsp3) is 0.306. The summed E-state index contributed by atoms with van der Waals surface area (Å²) >= 11 is 4.82. The molecule has 0 saturated heterocycles. The average Bonchev–Trinajstić information content (AvgIpc) is 1.67. The summed E-state index contributed by atoms with van der Waals surface area (Å²) in [6, 6.07) is 98.8. The number of carbonyl (C=O) groups excluding carboxylic acids is 9. The van der Waals surface area contributed by atoms with E-state index in [2.05, 4.69) is 31.2 Å². The molecule has 0 radical (unpaired) electrons. The molecule has 1 aromatic heterocycles. The molecule has 20 rings (SSSR count). The second-order valence-corrected chi connectivity index (χ2v) is 41.9. The van der Waals surface area contributed by atoms with E-state index >= 15 is 0 Å². The van der Waals surface area contributed by atoms with Crippen LogP contribution in [0.15, 0.2) is 350 Å². The zero-order valence-electron chi connectivity index (χ0n) is 84.7. The number of benzene rings is 11. The van der Waals surface area contributed by atoms with Crippen LogP contribution in [0.1, 0.15) is 211 Å². The number of amides is 6. The Kier molecular flexibility index (Phi) is 33.6. The highest BCUT2D eigenvalue weighted by atomic mass is 79.9. The number of guanidine groups is 5. The summed E-state index contributed by atoms with van der Waals surface area (Å²) in [6.07, 6.45) is 20.0. The maximum Gasteiger partial charge on any atom is 0.266 e. The van der Waals surface area contributed by atoms with Gasteiger partial charge in [-0.05, 0) is 189 Å². The van der Waals surface area contributed by atoms with Crippen LogP contribution in [0.4, 0.5) is 5.69 Å². The normalized spacial score (nSPS) is 20.4. The third-order valence-corrected chi connectivity index (χ3v) is 31.2. The largest absolute Gasteiger partial charge is 0.369 e. The number of rotatable bonds is 28. The molecule has 3 aliphatic carbocycles. The molecule has 3 fully saturated rings. The summed E-state index contributed by atoms with van der Waals surface area (Å²) in [5.41, 5.74) is 37.7. The molecule has 11 aromatic carbocycles. The number of Topliss-reactive ketones (excluding diaryl/α,β-unsaturated/α-hetero) is 3. The fourth-order valence-corrected chi connectivity index (χ4v) is 22.9. The van der Waals surface area contributed by atoms with Crippen molar-refractivity contribution < 1.29 is 43.2 Å². The smallest absolute Gasteiger partial charge is 0.266 e. The van der Waals surface area contributed by atoms with Crippen molar-refractivity contribution in [3.63, 3.8) is 0 Å². The van der Waals surface area contributed by atoms with Gasteiger partial charge in [0.05, 0.1) is 18.0 Å². The maximum atomic E-state index is 14.0. The van der Waals surface area contributed by atoms with Gasteiger partial charge in [0.2, 0.25) is 0 Å². The lowest BCUT2D eigenvalue weighted by Crippen LogP contribution is -2.44. The van der Waals surface area contributed by atoms with Crippen molar-refractivity contribution in [3.8, 4) is 11.1 Å². The number of nitrogens with zero attached hydrogens (tertiary/aromatic N) is 10. The lowest BCUT2D eigenvalue weighted by Gasteiger charge is -2.35. The van der Waals surface area contributed by atoms with Crippen LogP contribution in [-0.2, 0) is 81.6 Å². The Hall–Kier alpha value is -15.2. The van der Waals surface area contributed by atoms with E-state index in [1.807, 2.05) is 329 Å². The summed E-state index contributed by atoms with van der Waals surface area (Å²) in [4.78, 5) is 148. The molecule has 27 heteroatoms. The van der Waals surface area contributed by atoms with E-state index in [0.717, 1.165) is 129 Å². The zero-order chi connectivity index (χ0) is 104. The molecule has 5 atom stereocenters. The highest BCUT2D eigenvalue weighted by Crippen LogP contribution is 2.48. The molecule has 0 spiro atoms. The molecule has 2 unspecified atom stereocenters. The molecule has 6 heterocycles. The van der Waals surface area contributed by atoms with Crippen LogP contribution in [-0.4, -0.2) is 134 Å². The number of nitrogens with two attached hydrogens (primary N) is 5. The quantitative estimate of drug-likeness (QED) is 0.0248. The summed E-state index contributed by atoms with van der Waals surface area (Å²) < 4.78 is 0.927. The first-order valence-electron chi connectivity index (χ1n) is 51.0. The van der Waals surface area contributed by atoms with Gasteiger partial charge in [-0.1, -0.05) is 367 Å². The van der Waals surface area contributed by atoms with Gasteiger partial charge in [-0.15, -0.1) is 11.3 Å². The summed E-state index contributed by atoms with van der Waals surface area (Å²) in [5, 5.41) is 4.74. The third kappa shape index (κ3) is 23.1. The second kappa shape index (κ2) is 47.1. The first kappa shape index (κ1) is 106. The maximum absolute atomic E-state index is 14.0. The van der Waals surface area contributed by atoms with Gasteiger partial charge >= 0.3 is 0 Å². The molecule has 25 nitrogen and oxygen atoms in total. The minimum atomic E-state index is -1.24. The van der Waals surface area contributed by atoms with Gasteiger partial charge in [0.15, 0.2) is 57.7 Å². The van der Waals surface area contributed by atoms with E-state index in [0.29, 0.717) is 57.6 Å². The molecular formula is C121H129BrN16O9S. The number of halogens is 1. The molecule has 12 aromatic rings. The van der Waals surface area contributed by atoms with Gasteiger partial charge in [-0.25, -0.2) is 25.0 Å². The topological polar surface area (TPSA) is 374 Å². The van der Waals surface area contributed by atoms with Crippen molar-refractivity contribution in [3.05, 3.63) is 397 Å². The molecular weight excluding hydrogens is 1930 g/mol. The monoisotopic (exact) mass is 2060 g/mol. The van der Waals surface area contributed by atoms with E-state index in [9.17, 15) is 43.2 Å². The van der Waals surface area contributed by atoms with Crippen LogP contribution in [0.2, 0.25) is 0 Å².